The van der Waals surface area contributed by atoms with Crippen LogP contribution in [0.2, 0.25) is 0 Å². The number of aromatic nitrogens is 4. The van der Waals surface area contributed by atoms with Gasteiger partial charge in [-0.3, -0.25) is 0 Å². The molecular weight excluding hydrogens is 418 g/mol. The highest BCUT2D eigenvalue weighted by Crippen LogP contribution is 2.42. The van der Waals surface area contributed by atoms with Crippen molar-refractivity contribution in [2.75, 3.05) is 20.2 Å². The fourth-order valence-corrected chi connectivity index (χ4v) is 2.45. The summed E-state index contributed by atoms with van der Waals surface area (Å²) in [5.41, 5.74) is 0.0143. The summed E-state index contributed by atoms with van der Waals surface area (Å²) in [6, 6.07) is 2.46. The highest BCUT2D eigenvalue weighted by atomic mass is 19.4. The molecule has 6 nitrogen and oxygen atoms in total. The maximum Gasteiger partial charge on any atom is 0.461 e. The van der Waals surface area contributed by atoms with Crippen LogP contribution in [0.4, 0.5) is 35.1 Å². The Labute approximate surface area is 157 Å². The molecule has 0 aliphatic carbocycles. The molecule has 0 aromatic carbocycles. The average Bonchev–Trinajstić information content (AvgIpc) is 3.02. The summed E-state index contributed by atoms with van der Waals surface area (Å²) in [4.78, 5) is 1.30. The number of halogens is 8. The predicted octanol–water partition coefficient (Wildman–Crippen LogP) is 3.53. The van der Waals surface area contributed by atoms with E-state index in [9.17, 15) is 35.1 Å². The lowest BCUT2D eigenvalue weighted by Crippen LogP contribution is -2.36. The molecule has 3 rings (SSSR count). The molecule has 0 N–H and O–H groups in total. The van der Waals surface area contributed by atoms with Crippen LogP contribution in [0.1, 0.15) is 11.5 Å². The first-order valence-corrected chi connectivity index (χ1v) is 7.79. The smallest absolute Gasteiger partial charge is 0.461 e. The van der Waals surface area contributed by atoms with Crippen molar-refractivity contribution in [1.29, 1.82) is 0 Å². The predicted molar refractivity (Wildman–Crippen MR) is 81.4 cm³/mol. The highest BCUT2D eigenvalue weighted by molar-refractivity contribution is 5.67. The van der Waals surface area contributed by atoms with Gasteiger partial charge in [-0.25, -0.2) is 0 Å². The minimum Gasteiger partial charge on any atom is -0.469 e. The number of fused-ring (bicyclic) bond motifs is 1. The molecule has 2 aromatic heterocycles. The Morgan fingerprint density at radius 2 is 1.69 bits per heavy atom. The fourth-order valence-electron chi connectivity index (χ4n) is 2.45. The zero-order valence-corrected chi connectivity index (χ0v) is 14.4. The van der Waals surface area contributed by atoms with E-state index in [-0.39, 0.29) is 28.3 Å². The van der Waals surface area contributed by atoms with Crippen LogP contribution in [0.15, 0.2) is 30.2 Å². The maximum atomic E-state index is 13.7. The van der Waals surface area contributed by atoms with Gasteiger partial charge >= 0.3 is 18.3 Å². The molecule has 158 valence electrons. The Balaban J connectivity index is 1.94. The highest BCUT2D eigenvalue weighted by Gasteiger charge is 2.62. The van der Waals surface area contributed by atoms with Crippen LogP contribution in [0, 0.1) is 0 Å². The number of nitrogens with zero attached hydrogens (tertiary/aromatic N) is 5. The molecule has 0 unspecified atom stereocenters. The van der Waals surface area contributed by atoms with Gasteiger partial charge in [-0.15, -0.1) is 10.2 Å². The first-order chi connectivity index (χ1) is 13.3. The Morgan fingerprint density at radius 1 is 1.00 bits per heavy atom. The van der Waals surface area contributed by atoms with Gasteiger partial charge in [-0.05, 0) is 29.9 Å². The second-order valence-electron chi connectivity index (χ2n) is 6.04. The number of ether oxygens (including phenoxy) is 1. The Morgan fingerprint density at radius 3 is 2.28 bits per heavy atom. The first kappa shape index (κ1) is 20.8. The van der Waals surface area contributed by atoms with Crippen molar-refractivity contribution in [2.45, 2.75) is 18.3 Å². The van der Waals surface area contributed by atoms with E-state index >= 15 is 0 Å². The Hall–Kier alpha value is -2.93. The van der Waals surface area contributed by atoms with Gasteiger partial charge in [0.15, 0.2) is 18.1 Å². The minimum absolute atomic E-state index is 0.00879. The maximum absolute atomic E-state index is 13.7. The lowest BCUT2D eigenvalue weighted by Gasteiger charge is -2.27. The van der Waals surface area contributed by atoms with Crippen LogP contribution in [0.3, 0.4) is 0 Å². The van der Waals surface area contributed by atoms with Crippen LogP contribution in [0.5, 0.6) is 0 Å². The zero-order chi connectivity index (χ0) is 21.6. The number of alkyl halides is 8. The van der Waals surface area contributed by atoms with Crippen molar-refractivity contribution < 1.29 is 39.9 Å². The van der Waals surface area contributed by atoms with E-state index in [1.165, 1.54) is 30.2 Å². The van der Waals surface area contributed by atoms with E-state index in [0.717, 1.165) is 6.07 Å². The Bertz CT molecular complexity index is 975. The third-order valence-electron chi connectivity index (χ3n) is 3.82. The summed E-state index contributed by atoms with van der Waals surface area (Å²) in [6.45, 7) is -1.54. The number of hydrogen-bond donors (Lipinski definition) is 0. The van der Waals surface area contributed by atoms with Gasteiger partial charge in [0.2, 0.25) is 5.82 Å². The average molecular weight is 429 g/mol. The van der Waals surface area contributed by atoms with E-state index in [1.54, 1.807) is 0 Å². The molecule has 1 aliphatic rings. The summed E-state index contributed by atoms with van der Waals surface area (Å²) in [7, 11) is 1.41. The third-order valence-corrected chi connectivity index (χ3v) is 3.82. The summed E-state index contributed by atoms with van der Waals surface area (Å²) >= 11 is 0. The van der Waals surface area contributed by atoms with Crippen molar-refractivity contribution in [2.24, 2.45) is 0 Å². The van der Waals surface area contributed by atoms with E-state index in [0.29, 0.717) is 5.57 Å². The van der Waals surface area contributed by atoms with Crippen molar-refractivity contribution in [3.05, 3.63) is 41.7 Å². The molecular formula is C15H11F8N5O. The molecule has 0 bridgehead atoms. The molecule has 1 aliphatic heterocycles. The minimum atomic E-state index is -5.90. The van der Waals surface area contributed by atoms with Crippen LogP contribution >= 0.6 is 0 Å². The summed E-state index contributed by atoms with van der Waals surface area (Å²) in [5, 5.41) is 9.92. The standard InChI is InChI=1S/C15H11F8N5O/c1-27-6-8(2-5-11(27)29-7-13(16,17)18)9-3-4-10-24-25-12(28(10)26-9)14(19,20)15(21,22)23/h2-5H,6-7H2,1H3. The molecule has 0 radical (unpaired) electrons. The van der Waals surface area contributed by atoms with E-state index in [2.05, 4.69) is 20.0 Å². The molecule has 14 heteroatoms. The van der Waals surface area contributed by atoms with Crippen LogP contribution < -0.4 is 0 Å². The van der Waals surface area contributed by atoms with Gasteiger partial charge in [0.1, 0.15) is 0 Å². The normalized spacial score (nSPS) is 16.1. The quantitative estimate of drug-likeness (QED) is 0.697. The van der Waals surface area contributed by atoms with Gasteiger partial charge in [0.05, 0.1) is 5.69 Å². The topological polar surface area (TPSA) is 55.6 Å². The summed E-state index contributed by atoms with van der Waals surface area (Å²) < 4.78 is 107. The van der Waals surface area contributed by atoms with Crippen molar-refractivity contribution in [1.82, 2.24) is 24.7 Å². The molecule has 29 heavy (non-hydrogen) atoms. The van der Waals surface area contributed by atoms with Crippen LogP contribution in [0.25, 0.3) is 11.2 Å². The lowest BCUT2D eigenvalue weighted by atomic mass is 10.1. The monoisotopic (exact) mass is 429 g/mol. The van der Waals surface area contributed by atoms with Gasteiger partial charge in [0.25, 0.3) is 0 Å². The molecule has 3 heterocycles. The van der Waals surface area contributed by atoms with Gasteiger partial charge < -0.3 is 9.64 Å². The van der Waals surface area contributed by atoms with Crippen molar-refractivity contribution in [3.8, 4) is 0 Å². The second kappa shape index (κ2) is 6.84. The lowest BCUT2D eigenvalue weighted by molar-refractivity contribution is -0.293. The zero-order valence-electron chi connectivity index (χ0n) is 14.4. The molecule has 0 amide bonds. The van der Waals surface area contributed by atoms with Gasteiger partial charge in [-0.2, -0.15) is 44.7 Å². The fraction of sp³-hybridized carbons (Fsp3) is 0.400. The second-order valence-corrected chi connectivity index (χ2v) is 6.04. The SMILES string of the molecule is CN1CC(c2ccc3nnc(C(F)(F)C(F)(F)F)n3n2)=CC=C1OCC(F)(F)F. The molecule has 2 aromatic rings. The molecule has 0 atom stereocenters. The molecule has 0 spiro atoms. The van der Waals surface area contributed by atoms with E-state index < -0.39 is 30.7 Å². The van der Waals surface area contributed by atoms with Gasteiger partial charge in [0, 0.05) is 13.6 Å². The molecule has 0 saturated carbocycles. The largest absolute Gasteiger partial charge is 0.469 e. The summed E-state index contributed by atoms with van der Waals surface area (Å²) in [6.07, 6.45) is -7.90. The number of rotatable bonds is 4. The number of allylic oxidation sites excluding steroid dienone is 2. The van der Waals surface area contributed by atoms with Crippen molar-refractivity contribution in [3.63, 3.8) is 0 Å². The number of hydrogen-bond acceptors (Lipinski definition) is 5. The number of likely N-dealkylation sites (N-methyl/N-ethyl adjacent to an activating group) is 1. The van der Waals surface area contributed by atoms with Crippen LogP contribution in [-0.2, 0) is 10.7 Å². The Kier molecular flexibility index (Phi) is 4.91. The van der Waals surface area contributed by atoms with E-state index in [1.807, 2.05) is 0 Å². The molecule has 0 saturated heterocycles. The van der Waals surface area contributed by atoms with E-state index in [4.69, 9.17) is 0 Å². The first-order valence-electron chi connectivity index (χ1n) is 7.79. The van der Waals surface area contributed by atoms with Crippen LogP contribution in [-0.4, -0.2) is 57.3 Å². The summed E-state index contributed by atoms with van der Waals surface area (Å²) in [5.74, 6) is -7.08. The molecule has 0 fully saturated rings. The van der Waals surface area contributed by atoms with Crippen molar-refractivity contribution >= 4 is 11.2 Å². The third kappa shape index (κ3) is 4.10. The van der Waals surface area contributed by atoms with Gasteiger partial charge in [-0.1, -0.05) is 0 Å².